The Morgan fingerprint density at radius 1 is 1.10 bits per heavy atom. The highest BCUT2D eigenvalue weighted by Crippen LogP contribution is 2.07. The molecule has 2 aliphatic heterocycles. The van der Waals surface area contributed by atoms with Gasteiger partial charge in [0.15, 0.2) is 0 Å². The summed E-state index contributed by atoms with van der Waals surface area (Å²) in [5.41, 5.74) is 0. The topological polar surface area (TPSA) is 79.0 Å². The van der Waals surface area contributed by atoms with Crippen LogP contribution in [-0.4, -0.2) is 85.0 Å². The van der Waals surface area contributed by atoms with Gasteiger partial charge in [-0.05, 0) is 0 Å². The van der Waals surface area contributed by atoms with Gasteiger partial charge in [0.2, 0.25) is 17.7 Å². The van der Waals surface area contributed by atoms with Crippen LogP contribution in [0.15, 0.2) is 0 Å². The fourth-order valence-corrected chi connectivity index (χ4v) is 2.89. The summed E-state index contributed by atoms with van der Waals surface area (Å²) in [4.78, 5) is 38.2. The summed E-state index contributed by atoms with van der Waals surface area (Å²) in [5, 5.41) is 2.67. The lowest BCUT2D eigenvalue weighted by Gasteiger charge is -2.27. The molecule has 2 aliphatic rings. The Morgan fingerprint density at radius 2 is 1.75 bits per heavy atom. The smallest absolute Gasteiger partial charge is 0.239 e. The van der Waals surface area contributed by atoms with Crippen LogP contribution >= 0.6 is 11.8 Å². The largest absolute Gasteiger partial charge is 0.378 e. The molecule has 0 aromatic carbocycles. The van der Waals surface area contributed by atoms with Crippen LogP contribution in [0.1, 0.15) is 0 Å². The molecule has 0 unspecified atom stereocenters. The number of piperazine rings is 1. The van der Waals surface area contributed by atoms with Gasteiger partial charge in [0, 0.05) is 26.2 Å². The van der Waals surface area contributed by atoms with E-state index < -0.39 is 0 Å². The van der Waals surface area contributed by atoms with Crippen molar-refractivity contribution in [2.45, 2.75) is 0 Å². The molecule has 2 rings (SSSR count). The predicted molar refractivity (Wildman–Crippen MR) is 74.3 cm³/mol. The molecule has 7 nitrogen and oxygen atoms in total. The lowest BCUT2D eigenvalue weighted by atomic mass is 10.3. The Kier molecular flexibility index (Phi) is 5.66. The second kappa shape index (κ2) is 7.49. The van der Waals surface area contributed by atoms with Crippen molar-refractivity contribution < 1.29 is 19.1 Å². The number of nitrogens with one attached hydrogen (secondary N) is 1. The summed E-state index contributed by atoms with van der Waals surface area (Å²) in [6.07, 6.45) is 0. The second-order valence-corrected chi connectivity index (χ2v) is 5.64. The van der Waals surface area contributed by atoms with Crippen molar-refractivity contribution in [2.24, 2.45) is 0 Å². The number of thioether (sulfide) groups is 1. The Morgan fingerprint density at radius 3 is 2.40 bits per heavy atom. The van der Waals surface area contributed by atoms with Gasteiger partial charge in [-0.15, -0.1) is 11.8 Å². The SMILES string of the molecule is O=C1CN(C(=O)CSCC(=O)N2CCOCC2)CCN1. The first-order valence-electron chi connectivity index (χ1n) is 6.64. The standard InChI is InChI=1S/C12H19N3O4S/c16-10-7-15(2-1-13-10)12(18)9-20-8-11(17)14-3-5-19-6-4-14/h1-9H2,(H,13,16). The van der Waals surface area contributed by atoms with E-state index in [1.807, 2.05) is 0 Å². The molecule has 2 fully saturated rings. The Hall–Kier alpha value is -1.28. The van der Waals surface area contributed by atoms with Gasteiger partial charge < -0.3 is 19.9 Å². The molecular weight excluding hydrogens is 282 g/mol. The molecule has 8 heteroatoms. The van der Waals surface area contributed by atoms with Crippen molar-refractivity contribution in [1.29, 1.82) is 0 Å². The molecule has 0 spiro atoms. The average Bonchev–Trinajstić information content (AvgIpc) is 2.48. The van der Waals surface area contributed by atoms with Crippen molar-refractivity contribution in [1.82, 2.24) is 15.1 Å². The molecule has 3 amide bonds. The van der Waals surface area contributed by atoms with E-state index in [0.717, 1.165) is 0 Å². The van der Waals surface area contributed by atoms with Crippen LogP contribution < -0.4 is 5.32 Å². The van der Waals surface area contributed by atoms with Crippen LogP contribution in [0.2, 0.25) is 0 Å². The van der Waals surface area contributed by atoms with E-state index in [9.17, 15) is 14.4 Å². The summed E-state index contributed by atoms with van der Waals surface area (Å²) in [6, 6.07) is 0. The number of hydrogen-bond acceptors (Lipinski definition) is 5. The number of ether oxygens (including phenoxy) is 1. The van der Waals surface area contributed by atoms with Crippen molar-refractivity contribution in [3.05, 3.63) is 0 Å². The Labute approximate surface area is 122 Å². The van der Waals surface area contributed by atoms with E-state index in [-0.39, 0.29) is 30.0 Å². The van der Waals surface area contributed by atoms with Gasteiger partial charge >= 0.3 is 0 Å². The number of rotatable bonds is 4. The zero-order valence-corrected chi connectivity index (χ0v) is 12.1. The number of amides is 3. The quantitative estimate of drug-likeness (QED) is 0.686. The molecule has 2 saturated heterocycles. The minimum absolute atomic E-state index is 0.0440. The predicted octanol–water partition coefficient (Wildman–Crippen LogP) is -1.46. The van der Waals surface area contributed by atoms with Crippen molar-refractivity contribution >= 4 is 29.5 Å². The van der Waals surface area contributed by atoms with Gasteiger partial charge in [0.05, 0.1) is 31.3 Å². The molecule has 0 bridgehead atoms. The molecule has 0 aliphatic carbocycles. The van der Waals surface area contributed by atoms with Gasteiger partial charge in [-0.2, -0.15) is 0 Å². The van der Waals surface area contributed by atoms with E-state index >= 15 is 0 Å². The van der Waals surface area contributed by atoms with E-state index in [1.54, 1.807) is 4.90 Å². The molecule has 0 aromatic rings. The maximum absolute atomic E-state index is 11.9. The molecule has 20 heavy (non-hydrogen) atoms. The number of nitrogens with zero attached hydrogens (tertiary/aromatic N) is 2. The van der Waals surface area contributed by atoms with Gasteiger partial charge in [-0.3, -0.25) is 14.4 Å². The van der Waals surface area contributed by atoms with Crippen LogP contribution in [0.3, 0.4) is 0 Å². The highest BCUT2D eigenvalue weighted by atomic mass is 32.2. The highest BCUT2D eigenvalue weighted by Gasteiger charge is 2.22. The monoisotopic (exact) mass is 301 g/mol. The maximum atomic E-state index is 11.9. The molecule has 0 saturated carbocycles. The van der Waals surface area contributed by atoms with Crippen LogP contribution in [-0.2, 0) is 19.1 Å². The summed E-state index contributed by atoms with van der Waals surface area (Å²) in [5.74, 6) is 0.371. The lowest BCUT2D eigenvalue weighted by molar-refractivity contribution is -0.136. The third-order valence-corrected chi connectivity index (χ3v) is 4.11. The number of morpholine rings is 1. The van der Waals surface area contributed by atoms with Crippen LogP contribution in [0.4, 0.5) is 0 Å². The summed E-state index contributed by atoms with van der Waals surface area (Å²) >= 11 is 1.30. The third kappa shape index (κ3) is 4.38. The van der Waals surface area contributed by atoms with Crippen LogP contribution in [0.5, 0.6) is 0 Å². The molecule has 1 N–H and O–H groups in total. The Balaban J connectivity index is 1.65. The molecule has 0 aromatic heterocycles. The molecule has 0 radical (unpaired) electrons. The van der Waals surface area contributed by atoms with Crippen LogP contribution in [0, 0.1) is 0 Å². The average molecular weight is 301 g/mol. The van der Waals surface area contributed by atoms with Gasteiger partial charge in [0.25, 0.3) is 0 Å². The van der Waals surface area contributed by atoms with Crippen molar-refractivity contribution in [3.8, 4) is 0 Å². The summed E-state index contributed by atoms with van der Waals surface area (Å²) < 4.78 is 5.18. The Bertz CT molecular complexity index is 385. The summed E-state index contributed by atoms with van der Waals surface area (Å²) in [7, 11) is 0. The van der Waals surface area contributed by atoms with Gasteiger partial charge in [-0.1, -0.05) is 0 Å². The minimum atomic E-state index is -0.126. The fourth-order valence-electron chi connectivity index (χ4n) is 2.07. The zero-order valence-electron chi connectivity index (χ0n) is 11.3. The van der Waals surface area contributed by atoms with Crippen LogP contribution in [0.25, 0.3) is 0 Å². The van der Waals surface area contributed by atoms with E-state index in [1.165, 1.54) is 16.7 Å². The number of carbonyl (C=O) groups is 3. The molecule has 0 atom stereocenters. The number of carbonyl (C=O) groups excluding carboxylic acids is 3. The minimum Gasteiger partial charge on any atom is -0.378 e. The van der Waals surface area contributed by atoms with Crippen molar-refractivity contribution in [2.75, 3.05) is 57.4 Å². The maximum Gasteiger partial charge on any atom is 0.239 e. The fraction of sp³-hybridized carbons (Fsp3) is 0.750. The first-order valence-corrected chi connectivity index (χ1v) is 7.80. The highest BCUT2D eigenvalue weighted by molar-refractivity contribution is 8.00. The molecule has 112 valence electrons. The van der Waals surface area contributed by atoms with E-state index in [2.05, 4.69) is 5.32 Å². The number of hydrogen-bond donors (Lipinski definition) is 1. The van der Waals surface area contributed by atoms with Gasteiger partial charge in [-0.25, -0.2) is 0 Å². The molecule has 2 heterocycles. The third-order valence-electron chi connectivity index (χ3n) is 3.21. The lowest BCUT2D eigenvalue weighted by Crippen LogP contribution is -2.50. The van der Waals surface area contributed by atoms with Gasteiger partial charge in [0.1, 0.15) is 0 Å². The van der Waals surface area contributed by atoms with E-state index in [0.29, 0.717) is 45.1 Å². The molecular formula is C12H19N3O4S. The first kappa shape index (κ1) is 15.1. The zero-order chi connectivity index (χ0) is 14.4. The first-order chi connectivity index (χ1) is 9.66. The normalized spacial score (nSPS) is 19.7. The second-order valence-electron chi connectivity index (χ2n) is 4.65. The van der Waals surface area contributed by atoms with Crippen molar-refractivity contribution in [3.63, 3.8) is 0 Å². The van der Waals surface area contributed by atoms with E-state index in [4.69, 9.17) is 4.74 Å². The summed E-state index contributed by atoms with van der Waals surface area (Å²) in [6.45, 7) is 3.58.